The van der Waals surface area contributed by atoms with Crippen LogP contribution in [0, 0.1) is 23.7 Å². The van der Waals surface area contributed by atoms with E-state index in [2.05, 4.69) is 19.2 Å². The lowest BCUT2D eigenvalue weighted by atomic mass is 9.86. The van der Waals surface area contributed by atoms with Crippen molar-refractivity contribution in [3.8, 4) is 5.75 Å². The fourth-order valence-electron chi connectivity index (χ4n) is 6.13. The number of anilines is 2. The fourth-order valence-corrected chi connectivity index (χ4v) is 6.13. The van der Waals surface area contributed by atoms with Crippen molar-refractivity contribution in [2.45, 2.75) is 78.4 Å². The average molecular weight is 598 g/mol. The zero-order chi connectivity index (χ0) is 31.1. The second-order valence-corrected chi connectivity index (χ2v) is 13.1. The Morgan fingerprint density at radius 1 is 1.21 bits per heavy atom. The van der Waals surface area contributed by atoms with Crippen molar-refractivity contribution in [2.75, 3.05) is 56.4 Å². The molecule has 1 N–H and O–H groups in total. The Hall–Kier alpha value is -2.75. The van der Waals surface area contributed by atoms with Gasteiger partial charge in [-0.25, -0.2) is 0 Å². The second kappa shape index (κ2) is 14.8. The van der Waals surface area contributed by atoms with Crippen molar-refractivity contribution in [1.82, 2.24) is 5.32 Å². The van der Waals surface area contributed by atoms with E-state index in [0.29, 0.717) is 69.7 Å². The maximum Gasteiger partial charge on any atom is 0.270 e. The highest BCUT2D eigenvalue weighted by atomic mass is 16.5. The maximum absolute atomic E-state index is 14.1. The molecule has 1 saturated carbocycles. The van der Waals surface area contributed by atoms with Crippen LogP contribution >= 0.6 is 0 Å². The SMILES string of the molecule is CCOC[C@H](/C=C/C(=O)[C@@H]1CNC[C@H](C(=O)N(c2ccc3c(c2)N(CCCOC)C(=O)C(C)(C)O3)C2CC2)C1)CC(C)C. The summed E-state index contributed by atoms with van der Waals surface area (Å²) in [5, 5.41) is 3.36. The number of fused-ring (bicyclic) bond motifs is 1. The first-order valence-electron chi connectivity index (χ1n) is 16.0. The third-order valence-corrected chi connectivity index (χ3v) is 8.46. The van der Waals surface area contributed by atoms with Crippen LogP contribution in [0.15, 0.2) is 30.4 Å². The zero-order valence-electron chi connectivity index (χ0n) is 26.9. The molecule has 1 aromatic rings. The van der Waals surface area contributed by atoms with E-state index in [1.165, 1.54) is 0 Å². The van der Waals surface area contributed by atoms with Gasteiger partial charge in [0.2, 0.25) is 5.91 Å². The van der Waals surface area contributed by atoms with Crippen LogP contribution < -0.4 is 19.9 Å². The highest BCUT2D eigenvalue weighted by Crippen LogP contribution is 2.43. The molecule has 0 aromatic heterocycles. The van der Waals surface area contributed by atoms with Gasteiger partial charge < -0.3 is 29.3 Å². The van der Waals surface area contributed by atoms with Gasteiger partial charge in [0, 0.05) is 63.5 Å². The molecule has 43 heavy (non-hydrogen) atoms. The molecule has 0 spiro atoms. The number of methoxy groups -OCH3 is 1. The lowest BCUT2D eigenvalue weighted by Crippen LogP contribution is -2.53. The number of ketones is 1. The number of nitrogens with one attached hydrogen (secondary N) is 1. The maximum atomic E-state index is 14.1. The second-order valence-electron chi connectivity index (χ2n) is 13.1. The largest absolute Gasteiger partial charge is 0.476 e. The molecule has 0 bridgehead atoms. The van der Waals surface area contributed by atoms with E-state index in [-0.39, 0.29) is 41.4 Å². The molecular formula is C34H51N3O6. The Kier molecular flexibility index (Phi) is 11.4. The van der Waals surface area contributed by atoms with E-state index < -0.39 is 5.60 Å². The molecule has 1 saturated heterocycles. The van der Waals surface area contributed by atoms with Gasteiger partial charge in [-0.05, 0) is 83.1 Å². The summed E-state index contributed by atoms with van der Waals surface area (Å²) in [7, 11) is 1.65. The Morgan fingerprint density at radius 2 is 1.95 bits per heavy atom. The first-order valence-corrected chi connectivity index (χ1v) is 16.0. The van der Waals surface area contributed by atoms with Crippen LogP contribution in [0.5, 0.6) is 5.75 Å². The Bertz CT molecular complexity index is 1160. The zero-order valence-corrected chi connectivity index (χ0v) is 26.9. The van der Waals surface area contributed by atoms with Gasteiger partial charge in [-0.2, -0.15) is 0 Å². The summed E-state index contributed by atoms with van der Waals surface area (Å²) in [5.41, 5.74) is 0.467. The van der Waals surface area contributed by atoms with E-state index >= 15 is 0 Å². The summed E-state index contributed by atoms with van der Waals surface area (Å²) in [6.07, 6.45) is 7.75. The number of amides is 2. The van der Waals surface area contributed by atoms with Crippen LogP contribution in [-0.2, 0) is 23.9 Å². The molecule has 9 nitrogen and oxygen atoms in total. The number of hydrogen-bond donors (Lipinski definition) is 1. The minimum Gasteiger partial charge on any atom is -0.476 e. The first-order chi connectivity index (χ1) is 20.6. The summed E-state index contributed by atoms with van der Waals surface area (Å²) in [5.74, 6) is 0.756. The Labute approximate surface area is 257 Å². The van der Waals surface area contributed by atoms with Crippen LogP contribution in [0.25, 0.3) is 0 Å². The molecule has 3 aliphatic rings. The van der Waals surface area contributed by atoms with Crippen LogP contribution in [0.3, 0.4) is 0 Å². The summed E-state index contributed by atoms with van der Waals surface area (Å²) in [4.78, 5) is 44.3. The molecular weight excluding hydrogens is 546 g/mol. The van der Waals surface area contributed by atoms with Gasteiger partial charge in [0.25, 0.3) is 5.91 Å². The number of allylic oxidation sites excluding steroid dienone is 1. The number of carbonyl (C=O) groups is 3. The minimum absolute atomic E-state index is 0.0276. The molecule has 1 aromatic carbocycles. The van der Waals surface area contributed by atoms with E-state index in [9.17, 15) is 14.4 Å². The molecule has 9 heteroatoms. The summed E-state index contributed by atoms with van der Waals surface area (Å²) in [6.45, 7) is 13.3. The molecule has 2 fully saturated rings. The van der Waals surface area contributed by atoms with Crippen molar-refractivity contribution in [2.24, 2.45) is 23.7 Å². The molecule has 2 heterocycles. The summed E-state index contributed by atoms with van der Waals surface area (Å²) >= 11 is 0. The number of ether oxygens (including phenoxy) is 3. The quantitative estimate of drug-likeness (QED) is 0.230. The lowest BCUT2D eigenvalue weighted by Gasteiger charge is -2.39. The molecule has 1 aliphatic carbocycles. The predicted octanol–water partition coefficient (Wildman–Crippen LogP) is 4.77. The molecule has 0 radical (unpaired) electrons. The van der Waals surface area contributed by atoms with Gasteiger partial charge in [-0.15, -0.1) is 0 Å². The first kappa shape index (κ1) is 33.1. The summed E-state index contributed by atoms with van der Waals surface area (Å²) in [6, 6.07) is 5.83. The van der Waals surface area contributed by atoms with Gasteiger partial charge in [0.05, 0.1) is 18.2 Å². The molecule has 2 aliphatic heterocycles. The molecule has 2 amide bonds. The monoisotopic (exact) mass is 597 g/mol. The normalized spacial score (nSPS) is 22.4. The average Bonchev–Trinajstić information content (AvgIpc) is 3.81. The highest BCUT2D eigenvalue weighted by molar-refractivity contribution is 6.04. The lowest BCUT2D eigenvalue weighted by molar-refractivity contribution is -0.132. The van der Waals surface area contributed by atoms with Crippen LogP contribution in [-0.4, -0.2) is 75.8 Å². The fraction of sp³-hybridized carbons (Fsp3) is 0.676. The van der Waals surface area contributed by atoms with Crippen LogP contribution in [0.2, 0.25) is 0 Å². The smallest absolute Gasteiger partial charge is 0.270 e. The Balaban J connectivity index is 1.50. The molecule has 4 rings (SSSR count). The third kappa shape index (κ3) is 8.46. The van der Waals surface area contributed by atoms with E-state index in [1.807, 2.05) is 36.1 Å². The van der Waals surface area contributed by atoms with Crippen molar-refractivity contribution < 1.29 is 28.6 Å². The molecule has 3 atom stereocenters. The van der Waals surface area contributed by atoms with Crippen LogP contribution in [0.1, 0.15) is 66.7 Å². The van der Waals surface area contributed by atoms with E-state index in [0.717, 1.165) is 24.9 Å². The standard InChI is InChI=1S/C34H51N3O6/c1-7-42-22-24(17-23(2)3)9-13-30(38)25-18-26(21-35-20-25)32(39)37(27-10-11-27)28-12-14-31-29(19-28)36(15-8-16-41-6)33(40)34(4,5)43-31/h9,12-14,19,23-27,35H,7-8,10-11,15-18,20-22H2,1-6H3/b13-9+/t24-,25+,26-/m1/s1. The number of nitrogens with zero attached hydrogens (tertiary/aromatic N) is 2. The number of piperidine rings is 1. The highest BCUT2D eigenvalue weighted by Gasteiger charge is 2.43. The van der Waals surface area contributed by atoms with Gasteiger partial charge in [-0.1, -0.05) is 19.9 Å². The number of benzene rings is 1. The Morgan fingerprint density at radius 3 is 2.63 bits per heavy atom. The molecule has 238 valence electrons. The van der Waals surface area contributed by atoms with E-state index in [1.54, 1.807) is 31.9 Å². The number of rotatable bonds is 15. The van der Waals surface area contributed by atoms with Gasteiger partial charge in [-0.3, -0.25) is 14.4 Å². The van der Waals surface area contributed by atoms with E-state index in [4.69, 9.17) is 14.2 Å². The van der Waals surface area contributed by atoms with Crippen molar-refractivity contribution in [3.63, 3.8) is 0 Å². The topological polar surface area (TPSA) is 97.4 Å². The van der Waals surface area contributed by atoms with Gasteiger partial charge >= 0.3 is 0 Å². The summed E-state index contributed by atoms with van der Waals surface area (Å²) < 4.78 is 17.0. The van der Waals surface area contributed by atoms with Crippen molar-refractivity contribution >= 4 is 29.0 Å². The molecule has 0 unspecified atom stereocenters. The number of hydrogen-bond acceptors (Lipinski definition) is 7. The number of carbonyl (C=O) groups excluding carboxylic acids is 3. The third-order valence-electron chi connectivity index (χ3n) is 8.46. The minimum atomic E-state index is -0.977. The van der Waals surface area contributed by atoms with Crippen molar-refractivity contribution in [3.05, 3.63) is 30.4 Å². The van der Waals surface area contributed by atoms with Crippen molar-refractivity contribution in [1.29, 1.82) is 0 Å². The van der Waals surface area contributed by atoms with Gasteiger partial charge in [0.1, 0.15) is 5.75 Å². The van der Waals surface area contributed by atoms with Gasteiger partial charge in [0.15, 0.2) is 11.4 Å². The predicted molar refractivity (Wildman–Crippen MR) is 169 cm³/mol. The van der Waals surface area contributed by atoms with Crippen LogP contribution in [0.4, 0.5) is 11.4 Å².